The minimum atomic E-state index is -0.347. The summed E-state index contributed by atoms with van der Waals surface area (Å²) >= 11 is 0. The highest BCUT2D eigenvalue weighted by molar-refractivity contribution is 5.94. The van der Waals surface area contributed by atoms with Crippen LogP contribution in [0, 0.1) is 0 Å². The number of nitrogens with zero attached hydrogens (tertiary/aromatic N) is 3. The second kappa shape index (κ2) is 8.09. The first kappa shape index (κ1) is 17.4. The van der Waals surface area contributed by atoms with Gasteiger partial charge in [-0.1, -0.05) is 18.2 Å². The molecule has 1 aromatic carbocycles. The van der Waals surface area contributed by atoms with E-state index >= 15 is 0 Å². The number of aliphatic hydroxyl groups is 1. The molecule has 0 bridgehead atoms. The number of hydrogen-bond donors (Lipinski definition) is 1. The molecule has 0 saturated carbocycles. The summed E-state index contributed by atoms with van der Waals surface area (Å²) in [5.74, 6) is 1.08. The van der Waals surface area contributed by atoms with Crippen LogP contribution in [0.4, 0.5) is 0 Å². The number of amides is 1. The van der Waals surface area contributed by atoms with Crippen molar-refractivity contribution in [2.24, 2.45) is 0 Å². The zero-order chi connectivity index (χ0) is 17.6. The molecule has 6 heteroatoms. The van der Waals surface area contributed by atoms with Gasteiger partial charge in [-0.15, -0.1) is 0 Å². The lowest BCUT2D eigenvalue weighted by molar-refractivity contribution is 0.0553. The molecule has 1 aromatic heterocycles. The van der Waals surface area contributed by atoms with Gasteiger partial charge in [-0.3, -0.25) is 9.69 Å². The van der Waals surface area contributed by atoms with Crippen LogP contribution in [0.1, 0.15) is 17.3 Å². The highest BCUT2D eigenvalue weighted by atomic mass is 16.5. The van der Waals surface area contributed by atoms with Crippen molar-refractivity contribution >= 4 is 5.91 Å². The average Bonchev–Trinajstić information content (AvgIpc) is 2.62. The van der Waals surface area contributed by atoms with Gasteiger partial charge in [0.15, 0.2) is 0 Å². The second-order valence-electron chi connectivity index (χ2n) is 6.24. The van der Waals surface area contributed by atoms with E-state index in [1.165, 1.54) is 0 Å². The maximum atomic E-state index is 12.7. The summed E-state index contributed by atoms with van der Waals surface area (Å²) in [5.41, 5.74) is 0.574. The van der Waals surface area contributed by atoms with Crippen LogP contribution in [0.3, 0.4) is 0 Å². The molecule has 1 amide bonds. The Labute approximate surface area is 147 Å². The number of hydrogen-bond acceptors (Lipinski definition) is 5. The highest BCUT2D eigenvalue weighted by Crippen LogP contribution is 2.20. The molecule has 1 aliphatic rings. The van der Waals surface area contributed by atoms with E-state index < -0.39 is 0 Å². The molecule has 3 rings (SSSR count). The molecule has 0 aliphatic carbocycles. The number of β-amino-alcohol motifs (C(OH)–C–C–N with tert-alkyl or cyclic N) is 1. The van der Waals surface area contributed by atoms with Gasteiger partial charge >= 0.3 is 0 Å². The highest BCUT2D eigenvalue weighted by Gasteiger charge is 2.23. The van der Waals surface area contributed by atoms with E-state index in [0.717, 1.165) is 13.1 Å². The molecule has 0 unspecified atom stereocenters. The van der Waals surface area contributed by atoms with E-state index in [9.17, 15) is 9.90 Å². The molecular formula is C19H23N3O3. The Kier molecular flexibility index (Phi) is 5.63. The third kappa shape index (κ3) is 4.78. The number of aromatic nitrogens is 1. The maximum Gasteiger partial charge on any atom is 0.254 e. The van der Waals surface area contributed by atoms with Gasteiger partial charge in [-0.25, -0.2) is 4.98 Å². The molecule has 1 aliphatic heterocycles. The zero-order valence-electron chi connectivity index (χ0n) is 14.3. The quantitative estimate of drug-likeness (QED) is 0.901. The maximum absolute atomic E-state index is 12.7. The molecule has 0 radical (unpaired) electrons. The van der Waals surface area contributed by atoms with Crippen molar-refractivity contribution in [3.63, 3.8) is 0 Å². The van der Waals surface area contributed by atoms with E-state index in [1.54, 1.807) is 25.3 Å². The van der Waals surface area contributed by atoms with Crippen molar-refractivity contribution < 1.29 is 14.6 Å². The number of aliphatic hydroxyl groups excluding tert-OH is 1. The van der Waals surface area contributed by atoms with Crippen LogP contribution in [0.25, 0.3) is 0 Å². The fraction of sp³-hybridized carbons (Fsp3) is 0.368. The minimum Gasteiger partial charge on any atom is -0.439 e. The molecular weight excluding hydrogens is 318 g/mol. The van der Waals surface area contributed by atoms with Crippen LogP contribution in [0.5, 0.6) is 11.6 Å². The van der Waals surface area contributed by atoms with Crippen LogP contribution in [-0.4, -0.2) is 64.6 Å². The van der Waals surface area contributed by atoms with Crippen LogP contribution >= 0.6 is 0 Å². The number of benzene rings is 1. The van der Waals surface area contributed by atoms with Gasteiger partial charge in [-0.05, 0) is 25.1 Å². The number of carbonyl (C=O) groups excluding carboxylic acids is 1. The Hall–Kier alpha value is -2.44. The van der Waals surface area contributed by atoms with Crippen LogP contribution < -0.4 is 4.74 Å². The largest absolute Gasteiger partial charge is 0.439 e. The van der Waals surface area contributed by atoms with Crippen molar-refractivity contribution in [3.8, 4) is 11.6 Å². The Balaban J connectivity index is 1.62. The molecule has 25 heavy (non-hydrogen) atoms. The number of carbonyl (C=O) groups is 1. The van der Waals surface area contributed by atoms with Gasteiger partial charge in [0.1, 0.15) is 5.75 Å². The number of para-hydroxylation sites is 1. The number of pyridine rings is 1. The van der Waals surface area contributed by atoms with Crippen molar-refractivity contribution in [2.45, 2.75) is 13.0 Å². The van der Waals surface area contributed by atoms with Crippen molar-refractivity contribution in [3.05, 3.63) is 54.2 Å². The lowest BCUT2D eigenvalue weighted by Gasteiger charge is -2.35. The van der Waals surface area contributed by atoms with Crippen molar-refractivity contribution in [1.29, 1.82) is 0 Å². The third-order valence-corrected chi connectivity index (χ3v) is 4.13. The Morgan fingerprint density at radius 1 is 1.20 bits per heavy atom. The first-order chi connectivity index (χ1) is 12.1. The summed E-state index contributed by atoms with van der Waals surface area (Å²) in [4.78, 5) is 20.9. The van der Waals surface area contributed by atoms with E-state index in [4.69, 9.17) is 4.74 Å². The molecule has 6 nitrogen and oxygen atoms in total. The van der Waals surface area contributed by atoms with Gasteiger partial charge in [0, 0.05) is 50.6 Å². The van der Waals surface area contributed by atoms with E-state index in [1.807, 2.05) is 35.2 Å². The summed E-state index contributed by atoms with van der Waals surface area (Å²) in [7, 11) is 0. The second-order valence-corrected chi connectivity index (χ2v) is 6.24. The average molecular weight is 341 g/mol. The summed E-state index contributed by atoms with van der Waals surface area (Å²) in [6.07, 6.45) is 1.25. The van der Waals surface area contributed by atoms with Crippen LogP contribution in [0.15, 0.2) is 48.7 Å². The van der Waals surface area contributed by atoms with E-state index in [0.29, 0.717) is 36.8 Å². The van der Waals surface area contributed by atoms with Crippen LogP contribution in [0.2, 0.25) is 0 Å². The van der Waals surface area contributed by atoms with Gasteiger partial charge in [0.2, 0.25) is 5.88 Å². The fourth-order valence-corrected chi connectivity index (χ4v) is 2.90. The topological polar surface area (TPSA) is 65.9 Å². The smallest absolute Gasteiger partial charge is 0.254 e. The first-order valence-electron chi connectivity index (χ1n) is 8.50. The summed E-state index contributed by atoms with van der Waals surface area (Å²) in [6.45, 7) is 5.28. The molecule has 2 heterocycles. The van der Waals surface area contributed by atoms with Crippen molar-refractivity contribution in [1.82, 2.24) is 14.8 Å². The Bertz CT molecular complexity index is 698. The molecule has 0 spiro atoms. The Morgan fingerprint density at radius 3 is 2.60 bits per heavy atom. The SMILES string of the molecule is C[C@H](O)CN1CCN(C(=O)c2ccnc(Oc3ccccc3)c2)CC1. The van der Waals surface area contributed by atoms with Gasteiger partial charge in [-0.2, -0.15) is 0 Å². The predicted molar refractivity (Wildman–Crippen MR) is 94.8 cm³/mol. The number of rotatable bonds is 5. The monoisotopic (exact) mass is 341 g/mol. The third-order valence-electron chi connectivity index (χ3n) is 4.13. The molecule has 1 atom stereocenters. The summed E-state index contributed by atoms with van der Waals surface area (Å²) in [5, 5.41) is 9.47. The molecule has 1 N–H and O–H groups in total. The first-order valence-corrected chi connectivity index (χ1v) is 8.50. The molecule has 1 saturated heterocycles. The zero-order valence-corrected chi connectivity index (χ0v) is 14.3. The summed E-state index contributed by atoms with van der Waals surface area (Å²) in [6, 6.07) is 12.8. The molecule has 2 aromatic rings. The van der Waals surface area contributed by atoms with Gasteiger partial charge < -0.3 is 14.7 Å². The Morgan fingerprint density at radius 2 is 1.92 bits per heavy atom. The summed E-state index contributed by atoms with van der Waals surface area (Å²) < 4.78 is 5.70. The van der Waals surface area contributed by atoms with E-state index in [-0.39, 0.29) is 12.0 Å². The fourth-order valence-electron chi connectivity index (χ4n) is 2.90. The minimum absolute atomic E-state index is 0.0167. The van der Waals surface area contributed by atoms with E-state index in [2.05, 4.69) is 9.88 Å². The lowest BCUT2D eigenvalue weighted by atomic mass is 10.2. The number of piperazine rings is 1. The number of ether oxygens (including phenoxy) is 1. The van der Waals surface area contributed by atoms with Gasteiger partial charge in [0.05, 0.1) is 6.10 Å². The van der Waals surface area contributed by atoms with Crippen LogP contribution in [-0.2, 0) is 0 Å². The normalized spacial score (nSPS) is 16.5. The lowest BCUT2D eigenvalue weighted by Crippen LogP contribution is -2.50. The molecule has 1 fully saturated rings. The molecule has 132 valence electrons. The predicted octanol–water partition coefficient (Wildman–Crippen LogP) is 2.01. The standard InChI is InChI=1S/C19H23N3O3/c1-15(23)14-21-9-11-22(12-10-21)19(24)16-7-8-20-18(13-16)25-17-5-3-2-4-6-17/h2-8,13,15,23H,9-12,14H2,1H3/t15-/m0/s1. The van der Waals surface area contributed by atoms with Crippen molar-refractivity contribution in [2.75, 3.05) is 32.7 Å². The van der Waals surface area contributed by atoms with Gasteiger partial charge in [0.25, 0.3) is 5.91 Å².